The highest BCUT2D eigenvalue weighted by Gasteiger charge is 2.11. The minimum atomic E-state index is 0.347. The molecule has 2 aromatic heterocycles. The zero-order valence-electron chi connectivity index (χ0n) is 10.3. The maximum Gasteiger partial charge on any atom is 0.109 e. The third-order valence-electron chi connectivity index (χ3n) is 2.72. The van der Waals surface area contributed by atoms with Crippen molar-refractivity contribution >= 4 is 11.3 Å². The molecule has 0 aliphatic carbocycles. The molecule has 0 aromatic carbocycles. The Morgan fingerprint density at radius 1 is 1.47 bits per heavy atom. The fourth-order valence-electron chi connectivity index (χ4n) is 1.72. The Hall–Kier alpha value is -1.20. The minimum absolute atomic E-state index is 0.347. The first-order valence-electron chi connectivity index (χ1n) is 5.97. The van der Waals surface area contributed by atoms with Crippen molar-refractivity contribution in [3.63, 3.8) is 0 Å². The van der Waals surface area contributed by atoms with Crippen LogP contribution in [0, 0.1) is 0 Å². The van der Waals surface area contributed by atoms with Gasteiger partial charge >= 0.3 is 0 Å². The van der Waals surface area contributed by atoms with E-state index in [0.717, 1.165) is 24.5 Å². The summed E-state index contributed by atoms with van der Waals surface area (Å²) in [7, 11) is 0. The third kappa shape index (κ3) is 3.14. The predicted octanol–water partition coefficient (Wildman–Crippen LogP) is 2.60. The predicted molar refractivity (Wildman–Crippen MR) is 69.9 cm³/mol. The first-order valence-corrected chi connectivity index (χ1v) is 6.85. The monoisotopic (exact) mass is 250 g/mol. The van der Waals surface area contributed by atoms with Crippen LogP contribution in [0.4, 0.5) is 0 Å². The molecule has 1 unspecified atom stereocenters. The van der Waals surface area contributed by atoms with Gasteiger partial charge in [0.1, 0.15) is 5.01 Å². The Labute approximate surface area is 106 Å². The standard InChI is InChI=1S/C12H18N4S/c1-3-11(12-13-5-6-17-12)14-7-10-8-15-16(4-2)9-10/h5-6,8-9,11,14H,3-4,7H2,1-2H3. The molecular formula is C12H18N4S. The van der Waals surface area contributed by atoms with Gasteiger partial charge in [-0.1, -0.05) is 6.92 Å². The summed E-state index contributed by atoms with van der Waals surface area (Å²) in [5.41, 5.74) is 1.22. The van der Waals surface area contributed by atoms with Crippen LogP contribution < -0.4 is 5.32 Å². The fourth-order valence-corrected chi connectivity index (χ4v) is 2.52. The van der Waals surface area contributed by atoms with Crippen molar-refractivity contribution in [1.82, 2.24) is 20.1 Å². The van der Waals surface area contributed by atoms with Crippen LogP contribution in [0.1, 0.15) is 36.9 Å². The van der Waals surface area contributed by atoms with Gasteiger partial charge in [-0.15, -0.1) is 11.3 Å². The van der Waals surface area contributed by atoms with E-state index in [-0.39, 0.29) is 0 Å². The van der Waals surface area contributed by atoms with Crippen LogP contribution in [-0.2, 0) is 13.1 Å². The highest BCUT2D eigenvalue weighted by molar-refractivity contribution is 7.09. The van der Waals surface area contributed by atoms with Crippen LogP contribution in [-0.4, -0.2) is 14.8 Å². The molecule has 0 bridgehead atoms. The Bertz CT molecular complexity index is 435. The lowest BCUT2D eigenvalue weighted by Gasteiger charge is -2.13. The molecule has 0 radical (unpaired) electrons. The molecule has 92 valence electrons. The number of nitrogens with zero attached hydrogens (tertiary/aromatic N) is 3. The number of aryl methyl sites for hydroxylation is 1. The van der Waals surface area contributed by atoms with Crippen molar-refractivity contribution in [3.05, 3.63) is 34.5 Å². The molecular weight excluding hydrogens is 232 g/mol. The van der Waals surface area contributed by atoms with Crippen LogP contribution in [0.5, 0.6) is 0 Å². The third-order valence-corrected chi connectivity index (χ3v) is 3.61. The van der Waals surface area contributed by atoms with Gasteiger partial charge in [0.25, 0.3) is 0 Å². The number of rotatable bonds is 6. The molecule has 17 heavy (non-hydrogen) atoms. The fraction of sp³-hybridized carbons (Fsp3) is 0.500. The van der Waals surface area contributed by atoms with Crippen LogP contribution in [0.15, 0.2) is 24.0 Å². The second kappa shape index (κ2) is 5.93. The van der Waals surface area contributed by atoms with Gasteiger partial charge < -0.3 is 5.32 Å². The number of hydrogen-bond donors (Lipinski definition) is 1. The van der Waals surface area contributed by atoms with Crippen LogP contribution >= 0.6 is 11.3 Å². The van der Waals surface area contributed by atoms with Crippen molar-refractivity contribution in [2.24, 2.45) is 0 Å². The van der Waals surface area contributed by atoms with Gasteiger partial charge in [0, 0.05) is 36.4 Å². The summed E-state index contributed by atoms with van der Waals surface area (Å²) in [5, 5.41) is 11.0. The second-order valence-electron chi connectivity index (χ2n) is 3.92. The minimum Gasteiger partial charge on any atom is -0.304 e. The first-order chi connectivity index (χ1) is 8.33. The van der Waals surface area contributed by atoms with Gasteiger partial charge in [-0.05, 0) is 13.3 Å². The molecule has 1 N–H and O–H groups in total. The molecule has 0 aliphatic rings. The largest absolute Gasteiger partial charge is 0.304 e. The highest BCUT2D eigenvalue weighted by Crippen LogP contribution is 2.19. The molecule has 0 fully saturated rings. The molecule has 1 atom stereocenters. The molecule has 4 nitrogen and oxygen atoms in total. The Morgan fingerprint density at radius 2 is 2.35 bits per heavy atom. The van der Waals surface area contributed by atoms with Gasteiger partial charge in [-0.25, -0.2) is 4.98 Å². The summed E-state index contributed by atoms with van der Waals surface area (Å²) < 4.78 is 1.95. The van der Waals surface area contributed by atoms with Crippen molar-refractivity contribution in [1.29, 1.82) is 0 Å². The molecule has 2 aromatic rings. The molecule has 2 heterocycles. The van der Waals surface area contributed by atoms with Crippen molar-refractivity contribution in [2.75, 3.05) is 0 Å². The Morgan fingerprint density at radius 3 is 2.94 bits per heavy atom. The maximum absolute atomic E-state index is 4.36. The smallest absolute Gasteiger partial charge is 0.109 e. The van der Waals surface area contributed by atoms with Crippen molar-refractivity contribution in [3.8, 4) is 0 Å². The maximum atomic E-state index is 4.36. The SMILES string of the molecule is CCC(NCc1cnn(CC)c1)c1nccs1. The van der Waals surface area contributed by atoms with Crippen LogP contribution in [0.25, 0.3) is 0 Å². The lowest BCUT2D eigenvalue weighted by molar-refractivity contribution is 0.516. The van der Waals surface area contributed by atoms with Crippen LogP contribution in [0.3, 0.4) is 0 Å². The normalized spacial score (nSPS) is 12.8. The van der Waals surface area contributed by atoms with E-state index in [2.05, 4.69) is 35.4 Å². The van der Waals surface area contributed by atoms with E-state index in [4.69, 9.17) is 0 Å². The van der Waals surface area contributed by atoms with Crippen LogP contribution in [0.2, 0.25) is 0 Å². The molecule has 0 spiro atoms. The molecule has 0 saturated heterocycles. The van der Waals surface area contributed by atoms with Gasteiger partial charge in [0.05, 0.1) is 12.2 Å². The number of aromatic nitrogens is 3. The molecule has 0 aliphatic heterocycles. The number of nitrogens with one attached hydrogen (secondary N) is 1. The number of hydrogen-bond acceptors (Lipinski definition) is 4. The highest BCUT2D eigenvalue weighted by atomic mass is 32.1. The Kier molecular flexibility index (Phi) is 4.28. The summed E-state index contributed by atoms with van der Waals surface area (Å²) in [6.45, 7) is 6.03. The zero-order valence-corrected chi connectivity index (χ0v) is 11.1. The molecule has 2 rings (SSSR count). The van der Waals surface area contributed by atoms with E-state index >= 15 is 0 Å². The van der Waals surface area contributed by atoms with Crippen molar-refractivity contribution < 1.29 is 0 Å². The van der Waals surface area contributed by atoms with E-state index in [1.54, 1.807) is 11.3 Å². The molecule has 0 saturated carbocycles. The van der Waals surface area contributed by atoms with Gasteiger partial charge in [-0.2, -0.15) is 5.10 Å². The first kappa shape index (κ1) is 12.3. The quantitative estimate of drug-likeness (QED) is 0.857. The average Bonchev–Trinajstić information content (AvgIpc) is 3.00. The molecule has 0 amide bonds. The molecule has 5 heteroatoms. The lowest BCUT2D eigenvalue weighted by atomic mass is 10.2. The Balaban J connectivity index is 1.92. The van der Waals surface area contributed by atoms with E-state index in [9.17, 15) is 0 Å². The van der Waals surface area contributed by atoms with E-state index in [0.29, 0.717) is 6.04 Å². The van der Waals surface area contributed by atoms with Gasteiger partial charge in [0.2, 0.25) is 0 Å². The summed E-state index contributed by atoms with van der Waals surface area (Å²) >= 11 is 1.71. The summed E-state index contributed by atoms with van der Waals surface area (Å²) in [6, 6.07) is 0.347. The van der Waals surface area contributed by atoms with E-state index in [1.165, 1.54) is 5.56 Å². The average molecular weight is 250 g/mol. The van der Waals surface area contributed by atoms with Gasteiger partial charge in [0.15, 0.2) is 0 Å². The van der Waals surface area contributed by atoms with E-state index < -0.39 is 0 Å². The lowest BCUT2D eigenvalue weighted by Crippen LogP contribution is -2.19. The zero-order chi connectivity index (χ0) is 12.1. The van der Waals surface area contributed by atoms with E-state index in [1.807, 2.05) is 22.5 Å². The van der Waals surface area contributed by atoms with Gasteiger partial charge in [-0.3, -0.25) is 4.68 Å². The summed E-state index contributed by atoms with van der Waals surface area (Å²) in [5.74, 6) is 0. The second-order valence-corrected chi connectivity index (χ2v) is 4.84. The van der Waals surface area contributed by atoms with Crippen molar-refractivity contribution in [2.45, 2.75) is 39.4 Å². The number of thiazole rings is 1. The topological polar surface area (TPSA) is 42.7 Å². The summed E-state index contributed by atoms with van der Waals surface area (Å²) in [6.07, 6.45) is 6.92. The summed E-state index contributed by atoms with van der Waals surface area (Å²) in [4.78, 5) is 4.36.